The van der Waals surface area contributed by atoms with E-state index in [0.717, 1.165) is 17.5 Å². The molecule has 1 saturated heterocycles. The molecule has 6 nitrogen and oxygen atoms in total. The standard InChI is InChI=1S/C28H26FNO5/c29-24-13-22(26-23(14-24)18-34-28(35-26)20-9-5-2-6-10-20)17-33-27(32)21-15-25(31)30(16-21)12-11-19-7-3-1-4-8-19/h1-10,13-14,21,28H,11-12,15-18H2/t21-,28+/m0/s1. The van der Waals surface area contributed by atoms with E-state index < -0.39 is 24.0 Å². The summed E-state index contributed by atoms with van der Waals surface area (Å²) in [6, 6.07) is 22.0. The Labute approximate surface area is 203 Å². The van der Waals surface area contributed by atoms with Crippen molar-refractivity contribution in [3.8, 4) is 5.75 Å². The van der Waals surface area contributed by atoms with Gasteiger partial charge in [-0.25, -0.2) is 4.39 Å². The van der Waals surface area contributed by atoms with Crippen LogP contribution in [0.5, 0.6) is 5.75 Å². The van der Waals surface area contributed by atoms with Gasteiger partial charge in [-0.05, 0) is 24.1 Å². The molecule has 0 aromatic heterocycles. The average Bonchev–Trinajstić information content (AvgIpc) is 3.27. The summed E-state index contributed by atoms with van der Waals surface area (Å²) in [5.74, 6) is -1.05. The molecule has 0 saturated carbocycles. The van der Waals surface area contributed by atoms with Gasteiger partial charge in [0.05, 0.1) is 12.5 Å². The zero-order valence-electron chi connectivity index (χ0n) is 19.2. The van der Waals surface area contributed by atoms with Crippen molar-refractivity contribution in [3.05, 3.63) is 101 Å². The Morgan fingerprint density at radius 1 is 1.06 bits per heavy atom. The number of hydrogen-bond donors (Lipinski definition) is 0. The number of carbonyl (C=O) groups excluding carboxylic acids is 2. The van der Waals surface area contributed by atoms with Crippen LogP contribution in [0.3, 0.4) is 0 Å². The Balaban J connectivity index is 1.21. The van der Waals surface area contributed by atoms with Crippen molar-refractivity contribution < 1.29 is 28.2 Å². The van der Waals surface area contributed by atoms with E-state index in [2.05, 4.69) is 0 Å². The highest BCUT2D eigenvalue weighted by Gasteiger charge is 2.35. The van der Waals surface area contributed by atoms with Crippen LogP contribution in [0.15, 0.2) is 72.8 Å². The van der Waals surface area contributed by atoms with Gasteiger partial charge in [0.25, 0.3) is 0 Å². The third-order valence-electron chi connectivity index (χ3n) is 6.33. The number of esters is 1. The summed E-state index contributed by atoms with van der Waals surface area (Å²) in [6.45, 7) is 0.918. The third-order valence-corrected chi connectivity index (χ3v) is 6.33. The Hall–Kier alpha value is -3.71. The first-order valence-electron chi connectivity index (χ1n) is 11.7. The fraction of sp³-hybridized carbons (Fsp3) is 0.286. The molecule has 0 spiro atoms. The average molecular weight is 476 g/mol. The van der Waals surface area contributed by atoms with Crippen LogP contribution in [-0.2, 0) is 38.7 Å². The minimum absolute atomic E-state index is 0.0581. The number of hydrogen-bond acceptors (Lipinski definition) is 5. The van der Waals surface area contributed by atoms with Gasteiger partial charge in [-0.3, -0.25) is 9.59 Å². The van der Waals surface area contributed by atoms with E-state index in [1.54, 1.807) is 4.90 Å². The topological polar surface area (TPSA) is 65.1 Å². The van der Waals surface area contributed by atoms with Gasteiger partial charge in [0.1, 0.15) is 18.2 Å². The normalized spacial score (nSPS) is 19.2. The number of likely N-dealkylation sites (tertiary alicyclic amines) is 1. The number of fused-ring (bicyclic) bond motifs is 1. The number of nitrogens with zero attached hydrogens (tertiary/aromatic N) is 1. The molecule has 2 atom stereocenters. The van der Waals surface area contributed by atoms with Crippen molar-refractivity contribution in [1.29, 1.82) is 0 Å². The molecule has 0 bridgehead atoms. The second-order valence-corrected chi connectivity index (χ2v) is 8.81. The van der Waals surface area contributed by atoms with Crippen LogP contribution in [0.2, 0.25) is 0 Å². The third kappa shape index (κ3) is 5.35. The van der Waals surface area contributed by atoms with Crippen molar-refractivity contribution in [2.24, 2.45) is 5.92 Å². The molecule has 2 heterocycles. The van der Waals surface area contributed by atoms with Crippen LogP contribution in [0.25, 0.3) is 0 Å². The van der Waals surface area contributed by atoms with E-state index in [1.807, 2.05) is 60.7 Å². The zero-order valence-corrected chi connectivity index (χ0v) is 19.2. The Kier molecular flexibility index (Phi) is 6.77. The van der Waals surface area contributed by atoms with E-state index in [1.165, 1.54) is 12.1 Å². The summed E-state index contributed by atoms with van der Waals surface area (Å²) in [6.07, 6.45) is 0.218. The molecule has 35 heavy (non-hydrogen) atoms. The van der Waals surface area contributed by atoms with Gasteiger partial charge in [-0.15, -0.1) is 0 Å². The van der Waals surface area contributed by atoms with Crippen LogP contribution in [-0.4, -0.2) is 29.9 Å². The van der Waals surface area contributed by atoms with Gasteiger partial charge < -0.3 is 19.1 Å². The highest BCUT2D eigenvalue weighted by molar-refractivity contribution is 5.86. The zero-order chi connectivity index (χ0) is 24.2. The first-order valence-corrected chi connectivity index (χ1v) is 11.7. The lowest BCUT2D eigenvalue weighted by Gasteiger charge is -2.28. The molecule has 3 aromatic rings. The smallest absolute Gasteiger partial charge is 0.311 e. The van der Waals surface area contributed by atoms with E-state index >= 15 is 0 Å². The van der Waals surface area contributed by atoms with Crippen LogP contribution in [0.1, 0.15) is 35.0 Å². The second-order valence-electron chi connectivity index (χ2n) is 8.81. The van der Waals surface area contributed by atoms with Crippen LogP contribution < -0.4 is 4.74 Å². The Morgan fingerprint density at radius 3 is 2.57 bits per heavy atom. The first kappa shape index (κ1) is 23.1. The van der Waals surface area contributed by atoms with Gasteiger partial charge >= 0.3 is 5.97 Å². The summed E-state index contributed by atoms with van der Waals surface area (Å²) in [7, 11) is 0. The molecule has 2 aliphatic rings. The molecule has 0 radical (unpaired) electrons. The number of ether oxygens (including phenoxy) is 3. The Bertz CT molecular complexity index is 1200. The van der Waals surface area contributed by atoms with Gasteiger partial charge in [-0.1, -0.05) is 60.7 Å². The van der Waals surface area contributed by atoms with Crippen LogP contribution in [0, 0.1) is 11.7 Å². The van der Waals surface area contributed by atoms with Crippen molar-refractivity contribution in [2.75, 3.05) is 13.1 Å². The number of benzene rings is 3. The molecule has 180 valence electrons. The number of amides is 1. The molecule has 0 N–H and O–H groups in total. The highest BCUT2D eigenvalue weighted by Crippen LogP contribution is 2.37. The Morgan fingerprint density at radius 2 is 1.80 bits per heavy atom. The monoisotopic (exact) mass is 475 g/mol. The molecule has 0 unspecified atom stereocenters. The largest absolute Gasteiger partial charge is 0.460 e. The van der Waals surface area contributed by atoms with E-state index in [9.17, 15) is 14.0 Å². The summed E-state index contributed by atoms with van der Waals surface area (Å²) in [5, 5.41) is 0. The predicted molar refractivity (Wildman–Crippen MR) is 126 cm³/mol. The first-order chi connectivity index (χ1) is 17.1. The number of rotatable bonds is 7. The van der Waals surface area contributed by atoms with E-state index in [-0.39, 0.29) is 25.5 Å². The molecule has 1 amide bonds. The quantitative estimate of drug-likeness (QED) is 0.469. The van der Waals surface area contributed by atoms with E-state index in [0.29, 0.717) is 30.0 Å². The maximum absolute atomic E-state index is 14.2. The fourth-order valence-corrected chi connectivity index (χ4v) is 4.48. The molecular formula is C28H26FNO5. The molecule has 1 fully saturated rings. The van der Waals surface area contributed by atoms with Gasteiger partial charge in [0, 0.05) is 36.2 Å². The lowest BCUT2D eigenvalue weighted by Crippen LogP contribution is -2.29. The number of halogens is 1. The summed E-state index contributed by atoms with van der Waals surface area (Å²) < 4.78 is 31.5. The maximum Gasteiger partial charge on any atom is 0.311 e. The minimum atomic E-state index is -0.630. The lowest BCUT2D eigenvalue weighted by molar-refractivity contribution is -0.150. The van der Waals surface area contributed by atoms with Gasteiger partial charge in [-0.2, -0.15) is 0 Å². The van der Waals surface area contributed by atoms with Crippen molar-refractivity contribution >= 4 is 11.9 Å². The molecule has 0 aliphatic carbocycles. The summed E-state index contributed by atoms with van der Waals surface area (Å²) in [5.41, 5.74) is 2.97. The number of carbonyl (C=O) groups is 2. The predicted octanol–water partition coefficient (Wildman–Crippen LogP) is 4.57. The molecule has 7 heteroatoms. The van der Waals surface area contributed by atoms with Gasteiger partial charge in [0.2, 0.25) is 12.2 Å². The summed E-state index contributed by atoms with van der Waals surface area (Å²) in [4.78, 5) is 26.9. The van der Waals surface area contributed by atoms with E-state index in [4.69, 9.17) is 14.2 Å². The maximum atomic E-state index is 14.2. The minimum Gasteiger partial charge on any atom is -0.460 e. The highest BCUT2D eigenvalue weighted by atomic mass is 19.1. The SMILES string of the molecule is O=C(OCc1cc(F)cc2c1O[C@H](c1ccccc1)OC2)[C@H]1CC(=O)N(CCc2ccccc2)C1. The van der Waals surface area contributed by atoms with Crippen LogP contribution >= 0.6 is 0 Å². The van der Waals surface area contributed by atoms with Crippen molar-refractivity contribution in [3.63, 3.8) is 0 Å². The molecule has 2 aliphatic heterocycles. The molecule has 5 rings (SSSR count). The summed E-state index contributed by atoms with van der Waals surface area (Å²) >= 11 is 0. The molecular weight excluding hydrogens is 449 g/mol. The van der Waals surface area contributed by atoms with Crippen molar-refractivity contribution in [2.45, 2.75) is 32.3 Å². The lowest BCUT2D eigenvalue weighted by atomic mass is 10.1. The van der Waals surface area contributed by atoms with Gasteiger partial charge in [0.15, 0.2) is 0 Å². The van der Waals surface area contributed by atoms with Crippen molar-refractivity contribution in [1.82, 2.24) is 4.90 Å². The molecule has 3 aromatic carbocycles. The fourth-order valence-electron chi connectivity index (χ4n) is 4.48. The van der Waals surface area contributed by atoms with Crippen LogP contribution in [0.4, 0.5) is 4.39 Å². The second kappa shape index (κ2) is 10.3.